The smallest absolute Gasteiger partial charge is 0.282 e. The second-order valence-corrected chi connectivity index (χ2v) is 12.6. The summed E-state index contributed by atoms with van der Waals surface area (Å²) in [4.78, 5) is 12.4. The van der Waals surface area contributed by atoms with Gasteiger partial charge in [0.15, 0.2) is 0 Å². The van der Waals surface area contributed by atoms with E-state index in [1.165, 1.54) is 21.7 Å². The lowest BCUT2D eigenvalue weighted by Gasteiger charge is -2.51. The second kappa shape index (κ2) is 9.59. The topological polar surface area (TPSA) is 155 Å². The maximum Gasteiger partial charge on any atom is 0.282 e. The van der Waals surface area contributed by atoms with Gasteiger partial charge in [-0.15, -0.1) is 11.3 Å². The van der Waals surface area contributed by atoms with Gasteiger partial charge in [-0.05, 0) is 50.1 Å². The molecule has 2 bridgehead atoms. The zero-order valence-electron chi connectivity index (χ0n) is 20.4. The molecule has 3 atom stereocenters. The van der Waals surface area contributed by atoms with Gasteiger partial charge in [0.1, 0.15) is 16.5 Å². The molecular formula is C23H31N9O2S2. The highest BCUT2D eigenvalue weighted by atomic mass is 32.2. The van der Waals surface area contributed by atoms with Crippen molar-refractivity contribution in [2.24, 2.45) is 11.7 Å². The van der Waals surface area contributed by atoms with Crippen LogP contribution in [0.15, 0.2) is 23.2 Å². The maximum absolute atomic E-state index is 13.4. The minimum absolute atomic E-state index is 0.0787. The quantitative estimate of drug-likeness (QED) is 0.381. The van der Waals surface area contributed by atoms with Gasteiger partial charge in [0.2, 0.25) is 5.95 Å². The third-order valence-corrected chi connectivity index (χ3v) is 10.2. The van der Waals surface area contributed by atoms with E-state index in [4.69, 9.17) is 26.4 Å². The lowest BCUT2D eigenvalue weighted by atomic mass is 9.83. The molecule has 3 fully saturated rings. The van der Waals surface area contributed by atoms with Gasteiger partial charge in [0.25, 0.3) is 10.2 Å². The molecule has 0 spiro atoms. The first-order chi connectivity index (χ1) is 17.2. The molecule has 36 heavy (non-hydrogen) atoms. The van der Waals surface area contributed by atoms with E-state index < -0.39 is 10.2 Å². The fourth-order valence-corrected chi connectivity index (χ4v) is 8.39. The van der Waals surface area contributed by atoms with Crippen LogP contribution in [0.1, 0.15) is 39.0 Å². The Hall–Kier alpha value is -2.79. The molecule has 0 radical (unpaired) electrons. The number of allylic oxidation sites excluding steroid dienone is 1. The molecule has 3 saturated heterocycles. The first kappa shape index (κ1) is 24.9. The number of nitriles is 1. The monoisotopic (exact) mass is 529 g/mol. The zero-order chi connectivity index (χ0) is 25.6. The van der Waals surface area contributed by atoms with Crippen molar-refractivity contribution in [1.29, 1.82) is 10.7 Å². The number of nitrogens with zero attached hydrogens (tertiary/aromatic N) is 6. The Labute approximate surface area is 215 Å². The second-order valence-electron chi connectivity index (χ2n) is 9.89. The first-order valence-corrected chi connectivity index (χ1v) is 14.4. The molecule has 0 unspecified atom stereocenters. The van der Waals surface area contributed by atoms with Crippen molar-refractivity contribution < 1.29 is 8.42 Å². The molecule has 13 heteroatoms. The van der Waals surface area contributed by atoms with E-state index in [1.807, 2.05) is 18.5 Å². The summed E-state index contributed by atoms with van der Waals surface area (Å²) in [7, 11) is -1.61. The maximum atomic E-state index is 13.4. The number of piperidine rings is 2. The molecule has 4 N–H and O–H groups in total. The Morgan fingerprint density at radius 2 is 2.03 bits per heavy atom. The summed E-state index contributed by atoms with van der Waals surface area (Å²) in [5.74, 6) is 1.04. The molecule has 2 aromatic rings. The van der Waals surface area contributed by atoms with Gasteiger partial charge in [-0.25, -0.2) is 4.98 Å². The molecule has 0 aromatic carbocycles. The van der Waals surface area contributed by atoms with Crippen LogP contribution in [0.25, 0.3) is 10.2 Å². The van der Waals surface area contributed by atoms with E-state index in [9.17, 15) is 8.42 Å². The Balaban J connectivity index is 1.37. The van der Waals surface area contributed by atoms with Gasteiger partial charge in [-0.2, -0.15) is 27.3 Å². The summed E-state index contributed by atoms with van der Waals surface area (Å²) >= 11 is 1.51. The lowest BCUT2D eigenvalue weighted by molar-refractivity contribution is 0.0930. The summed E-state index contributed by atoms with van der Waals surface area (Å²) in [6.45, 7) is 2.30. The fourth-order valence-electron chi connectivity index (χ4n) is 5.50. The number of hydrogen-bond donors (Lipinski definition) is 3. The lowest BCUT2D eigenvalue weighted by Crippen LogP contribution is -2.64. The van der Waals surface area contributed by atoms with E-state index in [2.05, 4.69) is 16.3 Å². The number of amidine groups is 1. The highest BCUT2D eigenvalue weighted by Crippen LogP contribution is 2.40. The summed E-state index contributed by atoms with van der Waals surface area (Å²) in [6.07, 6.45) is 5.60. The zero-order valence-corrected chi connectivity index (χ0v) is 22.0. The summed E-state index contributed by atoms with van der Waals surface area (Å²) in [5.41, 5.74) is 6.25. The number of aromatic nitrogens is 2. The average molecular weight is 530 g/mol. The first-order valence-electron chi connectivity index (χ1n) is 12.1. The molecule has 0 aliphatic carbocycles. The molecule has 0 amide bonds. The number of anilines is 2. The Kier molecular flexibility index (Phi) is 6.63. The van der Waals surface area contributed by atoms with Gasteiger partial charge in [0, 0.05) is 44.0 Å². The predicted octanol–water partition coefficient (Wildman–Crippen LogP) is 2.46. The molecule has 5 heterocycles. The van der Waals surface area contributed by atoms with Gasteiger partial charge < -0.3 is 16.0 Å². The molecule has 2 aromatic heterocycles. The van der Waals surface area contributed by atoms with E-state index in [-0.39, 0.29) is 43.0 Å². The van der Waals surface area contributed by atoms with Gasteiger partial charge in [0.05, 0.1) is 17.4 Å². The number of fused-ring (bicyclic) bond motifs is 3. The molecule has 5 rings (SSSR count). The van der Waals surface area contributed by atoms with Crippen LogP contribution in [0, 0.1) is 22.7 Å². The Morgan fingerprint density at radius 1 is 1.33 bits per heavy atom. The standard InChI is InChI=1S/C23H31N9O2S2/c1-14(25)8-20(26)27-21-19-6-7-35-22(19)29-23(28-21)30(2)18-9-16-4-3-5-17(10-18)32(16)36(33,34)31-12-15(11-24)13-31/h6-8,15-18H,3-5,9-10,12-13,25H2,1-2H3,(H2,26,27,28,29)/b14-8-/t16-,17+,18-. The highest BCUT2D eigenvalue weighted by Gasteiger charge is 2.50. The van der Waals surface area contributed by atoms with E-state index in [0.29, 0.717) is 30.3 Å². The van der Waals surface area contributed by atoms with Crippen LogP contribution < -0.4 is 16.0 Å². The number of thiophene rings is 1. The number of nitrogens with two attached hydrogens (primary N) is 1. The van der Waals surface area contributed by atoms with Gasteiger partial charge in [-0.1, -0.05) is 6.42 Å². The van der Waals surface area contributed by atoms with Crippen LogP contribution in [0.5, 0.6) is 0 Å². The van der Waals surface area contributed by atoms with Crippen LogP contribution in [0.3, 0.4) is 0 Å². The highest BCUT2D eigenvalue weighted by molar-refractivity contribution is 7.86. The van der Waals surface area contributed by atoms with Crippen molar-refractivity contribution in [3.63, 3.8) is 0 Å². The SMILES string of the molecule is C/C(N)=C/C(=N)Nc1nc(N(C)[C@@H]2C[C@H]3CCC[C@@H](C2)N3S(=O)(=O)N2CC(C#N)C2)nc2sccc12. The molecular weight excluding hydrogens is 498 g/mol. The van der Waals surface area contributed by atoms with Crippen LogP contribution in [0.2, 0.25) is 0 Å². The minimum Gasteiger partial charge on any atom is -0.402 e. The molecule has 11 nitrogen and oxygen atoms in total. The van der Waals surface area contributed by atoms with Crippen molar-refractivity contribution in [2.45, 2.75) is 57.2 Å². The molecule has 0 saturated carbocycles. The number of nitrogens with one attached hydrogen (secondary N) is 2. The van der Waals surface area contributed by atoms with Crippen molar-refractivity contribution in [2.75, 3.05) is 30.4 Å². The summed E-state index contributed by atoms with van der Waals surface area (Å²) in [6, 6.07) is 4.02. The number of hydrogen-bond acceptors (Lipinski definition) is 9. The Bertz CT molecular complexity index is 1330. The van der Waals surface area contributed by atoms with Crippen molar-refractivity contribution in [1.82, 2.24) is 18.6 Å². The van der Waals surface area contributed by atoms with Crippen LogP contribution in [-0.4, -0.2) is 71.1 Å². The third kappa shape index (κ3) is 4.54. The van der Waals surface area contributed by atoms with Gasteiger partial charge in [-0.3, -0.25) is 5.41 Å². The average Bonchev–Trinajstić information content (AvgIpc) is 3.25. The molecule has 3 aliphatic rings. The largest absolute Gasteiger partial charge is 0.402 e. The normalized spacial score (nSPS) is 25.8. The van der Waals surface area contributed by atoms with Crippen molar-refractivity contribution >= 4 is 49.4 Å². The van der Waals surface area contributed by atoms with Crippen LogP contribution in [0.4, 0.5) is 11.8 Å². The van der Waals surface area contributed by atoms with E-state index >= 15 is 0 Å². The Morgan fingerprint density at radius 3 is 2.67 bits per heavy atom. The van der Waals surface area contributed by atoms with E-state index in [0.717, 1.165) is 29.5 Å². The predicted molar refractivity (Wildman–Crippen MR) is 141 cm³/mol. The van der Waals surface area contributed by atoms with Crippen molar-refractivity contribution in [3.05, 3.63) is 23.2 Å². The summed E-state index contributed by atoms with van der Waals surface area (Å²) < 4.78 is 30.0. The van der Waals surface area contributed by atoms with Gasteiger partial charge >= 0.3 is 0 Å². The van der Waals surface area contributed by atoms with Crippen LogP contribution >= 0.6 is 11.3 Å². The fraction of sp³-hybridized carbons (Fsp3) is 0.565. The minimum atomic E-state index is -3.57. The summed E-state index contributed by atoms with van der Waals surface area (Å²) in [5, 5.41) is 23.1. The van der Waals surface area contributed by atoms with Crippen molar-refractivity contribution in [3.8, 4) is 6.07 Å². The van der Waals surface area contributed by atoms with E-state index in [1.54, 1.807) is 11.2 Å². The molecule has 192 valence electrons. The molecule has 3 aliphatic heterocycles. The third-order valence-electron chi connectivity index (χ3n) is 7.31. The number of rotatable bonds is 6. The van der Waals surface area contributed by atoms with Crippen LogP contribution in [-0.2, 0) is 10.2 Å².